The van der Waals surface area contributed by atoms with Crippen molar-refractivity contribution in [2.24, 2.45) is 0 Å². The average molecular weight is 286 g/mol. The van der Waals surface area contributed by atoms with E-state index in [0.717, 1.165) is 10.8 Å². The molecule has 0 bridgehead atoms. The first kappa shape index (κ1) is 16.7. The second kappa shape index (κ2) is 6.40. The molecule has 1 N–H and O–H groups in total. The van der Waals surface area contributed by atoms with E-state index in [4.69, 9.17) is 0 Å². The van der Waals surface area contributed by atoms with Crippen LogP contribution in [0.25, 0.3) is 6.08 Å². The van der Waals surface area contributed by atoms with Gasteiger partial charge in [0.25, 0.3) is 0 Å². The molecule has 0 spiro atoms. The molecule has 0 radical (unpaired) electrons. The maximum Gasteiger partial charge on any atom is 0.0971 e. The van der Waals surface area contributed by atoms with Crippen LogP contribution >= 0.6 is 0 Å². The molecule has 1 aromatic rings. The molecule has 1 aromatic carbocycles. The zero-order chi connectivity index (χ0) is 15.4. The minimum atomic E-state index is -1.79. The summed E-state index contributed by atoms with van der Waals surface area (Å²) in [5.74, 6) is 0. The molecule has 2 heteroatoms. The second-order valence-electron chi connectivity index (χ2n) is 6.68. The molecule has 0 aromatic heterocycles. The maximum atomic E-state index is 10.5. The topological polar surface area (TPSA) is 20.2 Å². The first-order valence-electron chi connectivity index (χ1n) is 7.02. The molecule has 0 fully saturated rings. The van der Waals surface area contributed by atoms with Crippen molar-refractivity contribution in [3.8, 4) is 0 Å². The SMILES string of the molecule is C=C=C(C(O)/C=C/c1ccccc1)[Si](C)(C)C(C)(C)C. The van der Waals surface area contributed by atoms with E-state index < -0.39 is 14.2 Å². The van der Waals surface area contributed by atoms with Gasteiger partial charge in [-0.25, -0.2) is 0 Å². The Kier molecular flexibility index (Phi) is 5.35. The fraction of sp³-hybridized carbons (Fsp3) is 0.389. The predicted molar refractivity (Wildman–Crippen MR) is 91.3 cm³/mol. The van der Waals surface area contributed by atoms with E-state index in [1.54, 1.807) is 0 Å². The zero-order valence-corrected chi connectivity index (χ0v) is 14.3. The number of aliphatic hydroxyl groups excluding tert-OH is 1. The molecule has 20 heavy (non-hydrogen) atoms. The van der Waals surface area contributed by atoms with Gasteiger partial charge in [-0.05, 0) is 15.8 Å². The summed E-state index contributed by atoms with van der Waals surface area (Å²) >= 11 is 0. The molecule has 0 aliphatic carbocycles. The van der Waals surface area contributed by atoms with E-state index in [2.05, 4.69) is 46.2 Å². The van der Waals surface area contributed by atoms with Gasteiger partial charge >= 0.3 is 0 Å². The van der Waals surface area contributed by atoms with Gasteiger partial charge < -0.3 is 5.11 Å². The molecule has 1 rings (SSSR count). The highest BCUT2D eigenvalue weighted by Crippen LogP contribution is 2.41. The molecule has 0 saturated carbocycles. The number of hydrogen-bond donors (Lipinski definition) is 1. The largest absolute Gasteiger partial charge is 0.384 e. The predicted octanol–water partition coefficient (Wildman–Crippen LogP) is 4.82. The maximum absolute atomic E-state index is 10.5. The zero-order valence-electron chi connectivity index (χ0n) is 13.3. The smallest absolute Gasteiger partial charge is 0.0971 e. The Balaban J connectivity index is 2.98. The molecular formula is C18H26OSi. The Bertz CT molecular complexity index is 514. The number of benzene rings is 1. The molecular weight excluding hydrogens is 260 g/mol. The minimum absolute atomic E-state index is 0.161. The van der Waals surface area contributed by atoms with E-state index in [1.165, 1.54) is 0 Å². The van der Waals surface area contributed by atoms with E-state index in [0.29, 0.717) is 0 Å². The summed E-state index contributed by atoms with van der Waals surface area (Å²) in [6.45, 7) is 15.0. The van der Waals surface area contributed by atoms with Crippen LogP contribution in [0.1, 0.15) is 26.3 Å². The van der Waals surface area contributed by atoms with Crippen LogP contribution in [-0.2, 0) is 0 Å². The lowest BCUT2D eigenvalue weighted by Crippen LogP contribution is -2.43. The Morgan fingerprint density at radius 1 is 1.25 bits per heavy atom. The van der Waals surface area contributed by atoms with Gasteiger partial charge in [0.15, 0.2) is 0 Å². The van der Waals surface area contributed by atoms with Crippen LogP contribution in [0.15, 0.2) is 53.9 Å². The van der Waals surface area contributed by atoms with Crippen molar-refractivity contribution in [2.45, 2.75) is 45.0 Å². The van der Waals surface area contributed by atoms with Crippen LogP contribution in [0, 0.1) is 0 Å². The van der Waals surface area contributed by atoms with E-state index in [-0.39, 0.29) is 5.04 Å². The quantitative estimate of drug-likeness (QED) is 0.621. The van der Waals surface area contributed by atoms with Crippen molar-refractivity contribution in [1.82, 2.24) is 0 Å². The lowest BCUT2D eigenvalue weighted by atomic mass is 10.2. The van der Waals surface area contributed by atoms with Crippen molar-refractivity contribution in [1.29, 1.82) is 0 Å². The fourth-order valence-corrected chi connectivity index (χ4v) is 4.05. The Morgan fingerprint density at radius 2 is 1.80 bits per heavy atom. The highest BCUT2D eigenvalue weighted by molar-refractivity contribution is 6.87. The summed E-state index contributed by atoms with van der Waals surface area (Å²) in [6, 6.07) is 10.0. The van der Waals surface area contributed by atoms with Crippen LogP contribution < -0.4 is 0 Å². The highest BCUT2D eigenvalue weighted by atomic mass is 28.3. The van der Waals surface area contributed by atoms with Gasteiger partial charge in [0.05, 0.1) is 14.2 Å². The first-order chi connectivity index (χ1) is 9.20. The molecule has 1 nitrogen and oxygen atoms in total. The third-order valence-electron chi connectivity index (χ3n) is 4.31. The van der Waals surface area contributed by atoms with Crippen molar-refractivity contribution in [2.75, 3.05) is 0 Å². The van der Waals surface area contributed by atoms with Crippen LogP contribution in [-0.4, -0.2) is 19.3 Å². The van der Waals surface area contributed by atoms with Crippen molar-refractivity contribution in [3.63, 3.8) is 0 Å². The summed E-state index contributed by atoms with van der Waals surface area (Å²) in [7, 11) is -1.79. The Morgan fingerprint density at radius 3 is 2.25 bits per heavy atom. The van der Waals surface area contributed by atoms with Crippen molar-refractivity contribution in [3.05, 3.63) is 59.5 Å². The van der Waals surface area contributed by atoms with Gasteiger partial charge in [0.1, 0.15) is 0 Å². The van der Waals surface area contributed by atoms with Gasteiger partial charge in [-0.3, -0.25) is 0 Å². The summed E-state index contributed by atoms with van der Waals surface area (Å²) < 4.78 is 0. The minimum Gasteiger partial charge on any atom is -0.384 e. The third-order valence-corrected chi connectivity index (χ3v) is 9.87. The van der Waals surface area contributed by atoms with Gasteiger partial charge in [-0.15, -0.1) is 5.73 Å². The van der Waals surface area contributed by atoms with Crippen LogP contribution in [0.3, 0.4) is 0 Å². The molecule has 0 aliphatic heterocycles. The van der Waals surface area contributed by atoms with Gasteiger partial charge in [-0.2, -0.15) is 0 Å². The molecule has 0 amide bonds. The van der Waals surface area contributed by atoms with Gasteiger partial charge in [-0.1, -0.05) is 82.9 Å². The number of rotatable bonds is 4. The second-order valence-corrected chi connectivity index (χ2v) is 12.0. The number of aliphatic hydroxyl groups is 1. The van der Waals surface area contributed by atoms with Gasteiger partial charge in [0, 0.05) is 0 Å². The first-order valence-corrected chi connectivity index (χ1v) is 10.0. The average Bonchev–Trinajstić information content (AvgIpc) is 2.37. The van der Waals surface area contributed by atoms with Crippen LogP contribution in [0.4, 0.5) is 0 Å². The van der Waals surface area contributed by atoms with Gasteiger partial charge in [0.2, 0.25) is 0 Å². The molecule has 1 atom stereocenters. The van der Waals surface area contributed by atoms with Crippen molar-refractivity contribution >= 4 is 14.1 Å². The monoisotopic (exact) mass is 286 g/mol. The summed E-state index contributed by atoms with van der Waals surface area (Å²) in [5.41, 5.74) is 4.10. The third kappa shape index (κ3) is 3.83. The van der Waals surface area contributed by atoms with Crippen molar-refractivity contribution < 1.29 is 5.11 Å². The Hall–Kier alpha value is -1.34. The summed E-state index contributed by atoms with van der Waals surface area (Å²) in [6.07, 6.45) is 3.19. The number of hydrogen-bond acceptors (Lipinski definition) is 1. The van der Waals surface area contributed by atoms with E-state index in [1.807, 2.05) is 42.5 Å². The Labute approximate surface area is 124 Å². The van der Waals surface area contributed by atoms with Crippen LogP contribution in [0.5, 0.6) is 0 Å². The standard InChI is InChI=1S/C18H26OSi/c1-7-17(20(5,6)18(2,3)4)16(19)14-13-15-11-9-8-10-12-15/h8-14,16,19H,1H2,2-6H3/b14-13+. The molecule has 0 aliphatic rings. The van der Waals surface area contributed by atoms with Crippen LogP contribution in [0.2, 0.25) is 18.1 Å². The molecule has 108 valence electrons. The fourth-order valence-electron chi connectivity index (χ4n) is 1.96. The molecule has 0 saturated heterocycles. The molecule has 0 heterocycles. The van der Waals surface area contributed by atoms with E-state index >= 15 is 0 Å². The lowest BCUT2D eigenvalue weighted by Gasteiger charge is -2.39. The summed E-state index contributed by atoms with van der Waals surface area (Å²) in [5, 5.41) is 11.6. The normalized spacial score (nSPS) is 14.1. The highest BCUT2D eigenvalue weighted by Gasteiger charge is 2.40. The lowest BCUT2D eigenvalue weighted by molar-refractivity contribution is 0.266. The molecule has 1 unspecified atom stereocenters. The summed E-state index contributed by atoms with van der Waals surface area (Å²) in [4.78, 5) is 0. The van der Waals surface area contributed by atoms with E-state index in [9.17, 15) is 5.11 Å².